The Hall–Kier alpha value is -2.53. The number of aromatic nitrogens is 2. The highest BCUT2D eigenvalue weighted by atomic mass is 35.5. The number of carbonyl (C=O) groups is 1. The number of imidazole rings is 1. The van der Waals surface area contributed by atoms with E-state index in [4.69, 9.17) is 16.6 Å². The molecule has 2 aromatic rings. The molecule has 0 bridgehead atoms. The van der Waals surface area contributed by atoms with Gasteiger partial charge in [-0.1, -0.05) is 50.1 Å². The summed E-state index contributed by atoms with van der Waals surface area (Å²) in [6, 6.07) is 7.66. The van der Waals surface area contributed by atoms with Gasteiger partial charge in [-0.15, -0.1) is 0 Å². The molecule has 0 spiro atoms. The number of nitrogens with zero attached hydrogens (tertiary/aromatic N) is 4. The van der Waals surface area contributed by atoms with Crippen LogP contribution in [0, 0.1) is 0 Å². The zero-order valence-corrected chi connectivity index (χ0v) is 17.6. The average Bonchev–Trinajstić information content (AvgIpc) is 3.37. The predicted octanol–water partition coefficient (Wildman–Crippen LogP) is 5.19. The van der Waals surface area contributed by atoms with E-state index in [9.17, 15) is 4.79 Å². The van der Waals surface area contributed by atoms with Crippen molar-refractivity contribution in [2.45, 2.75) is 45.1 Å². The van der Waals surface area contributed by atoms with Crippen molar-refractivity contribution in [2.75, 3.05) is 18.0 Å². The minimum absolute atomic E-state index is 0.0695. The number of unbranched alkanes of at least 4 members (excludes halogenated alkanes) is 2. The van der Waals surface area contributed by atoms with E-state index >= 15 is 0 Å². The third kappa shape index (κ3) is 3.84. The first-order chi connectivity index (χ1) is 14.1. The molecule has 2 aliphatic rings. The van der Waals surface area contributed by atoms with E-state index in [1.807, 2.05) is 35.0 Å². The predicted molar refractivity (Wildman–Crippen MR) is 119 cm³/mol. The van der Waals surface area contributed by atoms with Crippen LogP contribution in [0.4, 0.5) is 5.95 Å². The lowest BCUT2D eigenvalue weighted by atomic mass is 10.2. The Labute approximate surface area is 177 Å². The number of aldehydes is 1. The SMILES string of the molecule is C=C1C=C(N2CCCC2C=O)N(CCCCC)c2nc(-c3ccc(Cl)cc3)cn21. The molecule has 1 atom stereocenters. The number of rotatable bonds is 7. The Morgan fingerprint density at radius 1 is 1.28 bits per heavy atom. The number of carbonyl (C=O) groups excluding carboxylic acids is 1. The molecule has 4 rings (SSSR count). The highest BCUT2D eigenvalue weighted by molar-refractivity contribution is 6.30. The Kier molecular flexibility index (Phi) is 5.76. The quantitative estimate of drug-likeness (QED) is 0.465. The largest absolute Gasteiger partial charge is 0.348 e. The van der Waals surface area contributed by atoms with Crippen LogP contribution >= 0.6 is 11.6 Å². The second kappa shape index (κ2) is 8.46. The normalized spacial score (nSPS) is 18.8. The van der Waals surface area contributed by atoms with Crippen LogP contribution in [0.3, 0.4) is 0 Å². The van der Waals surface area contributed by atoms with E-state index < -0.39 is 0 Å². The first kappa shape index (κ1) is 19.8. The minimum atomic E-state index is -0.0695. The van der Waals surface area contributed by atoms with Gasteiger partial charge >= 0.3 is 0 Å². The van der Waals surface area contributed by atoms with Gasteiger partial charge in [-0.3, -0.25) is 9.47 Å². The van der Waals surface area contributed by atoms with Crippen LogP contribution in [0.1, 0.15) is 39.0 Å². The summed E-state index contributed by atoms with van der Waals surface area (Å²) in [7, 11) is 0. The number of hydrogen-bond acceptors (Lipinski definition) is 4. The number of halogens is 1. The maximum Gasteiger partial charge on any atom is 0.216 e. The summed E-state index contributed by atoms with van der Waals surface area (Å²) in [5.74, 6) is 1.91. The fourth-order valence-electron chi connectivity index (χ4n) is 4.12. The molecule has 0 N–H and O–H groups in total. The van der Waals surface area contributed by atoms with E-state index in [-0.39, 0.29) is 6.04 Å². The molecule has 152 valence electrons. The summed E-state index contributed by atoms with van der Waals surface area (Å²) in [5, 5.41) is 0.709. The summed E-state index contributed by atoms with van der Waals surface area (Å²) >= 11 is 6.05. The standard InChI is InChI=1S/C23H27ClN4O/c1-3-4-5-12-27-22(26-13-6-7-20(26)16-29)14-17(2)28-15-21(25-23(27)28)18-8-10-19(24)11-9-18/h8-11,14-16,20H,2-7,12-13H2,1H3. The van der Waals surface area contributed by atoms with Crippen molar-refractivity contribution in [3.05, 3.63) is 54.0 Å². The molecule has 3 heterocycles. The van der Waals surface area contributed by atoms with Gasteiger partial charge in [-0.2, -0.15) is 0 Å². The lowest BCUT2D eigenvalue weighted by Gasteiger charge is -2.38. The van der Waals surface area contributed by atoms with Crippen molar-refractivity contribution in [1.82, 2.24) is 14.5 Å². The molecule has 1 aromatic heterocycles. The number of hydrogen-bond donors (Lipinski definition) is 0. The van der Waals surface area contributed by atoms with E-state index in [0.29, 0.717) is 5.02 Å². The molecule has 0 radical (unpaired) electrons. The van der Waals surface area contributed by atoms with Crippen molar-refractivity contribution in [2.24, 2.45) is 0 Å². The summed E-state index contributed by atoms with van der Waals surface area (Å²) in [4.78, 5) is 21.1. The zero-order valence-electron chi connectivity index (χ0n) is 16.9. The first-order valence-electron chi connectivity index (χ1n) is 10.4. The summed E-state index contributed by atoms with van der Waals surface area (Å²) in [6.45, 7) is 8.22. The molecular formula is C23H27ClN4O. The topological polar surface area (TPSA) is 41.4 Å². The van der Waals surface area contributed by atoms with Gasteiger partial charge in [0.05, 0.1) is 11.7 Å². The average molecular weight is 411 g/mol. The fraction of sp³-hybridized carbons (Fsp3) is 0.391. The first-order valence-corrected chi connectivity index (χ1v) is 10.8. The summed E-state index contributed by atoms with van der Waals surface area (Å²) in [6.07, 6.45) is 10.5. The number of allylic oxidation sites excluding steroid dienone is 2. The smallest absolute Gasteiger partial charge is 0.216 e. The van der Waals surface area contributed by atoms with Gasteiger partial charge < -0.3 is 9.69 Å². The Bertz CT molecular complexity index is 931. The van der Waals surface area contributed by atoms with Crippen molar-refractivity contribution < 1.29 is 4.79 Å². The van der Waals surface area contributed by atoms with E-state index in [0.717, 1.165) is 80.2 Å². The summed E-state index contributed by atoms with van der Waals surface area (Å²) < 4.78 is 2.05. The Balaban J connectivity index is 1.72. The van der Waals surface area contributed by atoms with Gasteiger partial charge in [0.2, 0.25) is 5.95 Å². The van der Waals surface area contributed by atoms with Gasteiger partial charge in [0.1, 0.15) is 12.1 Å². The molecule has 1 aromatic carbocycles. The minimum Gasteiger partial charge on any atom is -0.348 e. The van der Waals surface area contributed by atoms with Crippen molar-refractivity contribution in [3.8, 4) is 11.3 Å². The van der Waals surface area contributed by atoms with Gasteiger partial charge in [-0.25, -0.2) is 4.98 Å². The second-order valence-electron chi connectivity index (χ2n) is 7.69. The maximum absolute atomic E-state index is 11.6. The highest BCUT2D eigenvalue weighted by Gasteiger charge is 2.33. The summed E-state index contributed by atoms with van der Waals surface area (Å²) in [5.41, 5.74) is 2.78. The molecule has 1 saturated heterocycles. The van der Waals surface area contributed by atoms with E-state index in [2.05, 4.69) is 29.4 Å². The molecule has 0 saturated carbocycles. The van der Waals surface area contributed by atoms with E-state index in [1.54, 1.807) is 0 Å². The monoisotopic (exact) mass is 410 g/mol. The van der Waals surface area contributed by atoms with Gasteiger partial charge in [-0.05, 0) is 31.4 Å². The zero-order chi connectivity index (χ0) is 20.4. The van der Waals surface area contributed by atoms with Crippen LogP contribution in [-0.2, 0) is 4.79 Å². The van der Waals surface area contributed by atoms with Crippen molar-refractivity contribution >= 4 is 29.5 Å². The van der Waals surface area contributed by atoms with E-state index in [1.165, 1.54) is 0 Å². The van der Waals surface area contributed by atoms with Crippen LogP contribution < -0.4 is 4.90 Å². The lowest BCUT2D eigenvalue weighted by Crippen LogP contribution is -2.42. The molecule has 29 heavy (non-hydrogen) atoms. The number of likely N-dealkylation sites (tertiary alicyclic amines) is 1. The number of benzene rings is 1. The van der Waals surface area contributed by atoms with Gasteiger partial charge in [0.15, 0.2) is 0 Å². The third-order valence-electron chi connectivity index (χ3n) is 5.69. The molecule has 2 aliphatic heterocycles. The maximum atomic E-state index is 11.6. The van der Waals surface area contributed by atoms with Gasteiger partial charge in [0.25, 0.3) is 0 Å². The highest BCUT2D eigenvalue weighted by Crippen LogP contribution is 2.36. The molecule has 0 aliphatic carbocycles. The molecular weight excluding hydrogens is 384 g/mol. The third-order valence-corrected chi connectivity index (χ3v) is 5.94. The Morgan fingerprint density at radius 2 is 2.07 bits per heavy atom. The molecule has 1 unspecified atom stereocenters. The Morgan fingerprint density at radius 3 is 2.79 bits per heavy atom. The van der Waals surface area contributed by atoms with Crippen LogP contribution in [0.5, 0.6) is 0 Å². The second-order valence-corrected chi connectivity index (χ2v) is 8.13. The fourth-order valence-corrected chi connectivity index (χ4v) is 4.25. The van der Waals surface area contributed by atoms with Crippen LogP contribution in [-0.4, -0.2) is 39.9 Å². The molecule has 6 heteroatoms. The number of fused-ring (bicyclic) bond motifs is 1. The van der Waals surface area contributed by atoms with Gasteiger partial charge in [0, 0.05) is 41.6 Å². The molecule has 1 fully saturated rings. The van der Waals surface area contributed by atoms with Crippen LogP contribution in [0.25, 0.3) is 17.0 Å². The number of anilines is 1. The van der Waals surface area contributed by atoms with Crippen LogP contribution in [0.15, 0.2) is 48.9 Å². The van der Waals surface area contributed by atoms with Crippen LogP contribution in [0.2, 0.25) is 5.02 Å². The molecule has 0 amide bonds. The van der Waals surface area contributed by atoms with Crippen molar-refractivity contribution in [1.29, 1.82) is 0 Å². The van der Waals surface area contributed by atoms with Crippen molar-refractivity contribution in [3.63, 3.8) is 0 Å². The molecule has 5 nitrogen and oxygen atoms in total. The lowest BCUT2D eigenvalue weighted by molar-refractivity contribution is -0.111.